The van der Waals surface area contributed by atoms with E-state index in [2.05, 4.69) is 27.5 Å². The van der Waals surface area contributed by atoms with Crippen LogP contribution in [0.15, 0.2) is 58.7 Å². The van der Waals surface area contributed by atoms with Crippen LogP contribution in [0.5, 0.6) is 17.4 Å². The minimum atomic E-state index is -0.744. The minimum absolute atomic E-state index is 0.115. The molecule has 182 valence electrons. The van der Waals surface area contributed by atoms with Gasteiger partial charge in [0.15, 0.2) is 11.5 Å². The predicted molar refractivity (Wildman–Crippen MR) is 136 cm³/mol. The van der Waals surface area contributed by atoms with Gasteiger partial charge in [-0.25, -0.2) is 9.88 Å². The molecule has 8 nitrogen and oxygen atoms in total. The third kappa shape index (κ3) is 4.60. The van der Waals surface area contributed by atoms with Crippen molar-refractivity contribution < 1.29 is 24.1 Å². The van der Waals surface area contributed by atoms with E-state index in [1.807, 2.05) is 43.3 Å². The standard InChI is InChI=1S/C25H25BrN4O4S/c1-5-12-35-25-27-23(32)21-16-10-8-9-11-18(16)29(20(31)6-2)24(30(21)28-25)15-13-17(26)22(34-7-3)19(14-15)33-4/h5,8-11,13-14,24H,1,6-7,12H2,2-4H3. The molecule has 3 aromatic rings. The average Bonchev–Trinajstić information content (AvgIpc) is 2.87. The Morgan fingerprint density at radius 3 is 2.80 bits per heavy atom. The van der Waals surface area contributed by atoms with Crippen molar-refractivity contribution in [3.8, 4) is 28.6 Å². The Morgan fingerprint density at radius 1 is 1.34 bits per heavy atom. The zero-order valence-corrected chi connectivity index (χ0v) is 22.1. The van der Waals surface area contributed by atoms with Gasteiger partial charge in [0.25, 0.3) is 17.0 Å². The van der Waals surface area contributed by atoms with Crippen LogP contribution in [-0.2, 0) is 4.79 Å². The SMILES string of the molecule is C=CCSc1nc([O-])c2[n+](n1)C(c1cc(Br)c(OCC)c(OC)c1)N(C(=O)CC)c1ccccc1-2. The molecule has 1 aliphatic rings. The zero-order chi connectivity index (χ0) is 25.1. The molecule has 1 aliphatic heterocycles. The van der Waals surface area contributed by atoms with Crippen molar-refractivity contribution in [2.75, 3.05) is 24.4 Å². The molecule has 0 fully saturated rings. The summed E-state index contributed by atoms with van der Waals surface area (Å²) in [5, 5.41) is 18.3. The number of benzene rings is 2. The van der Waals surface area contributed by atoms with Crippen LogP contribution in [0.25, 0.3) is 11.3 Å². The number of hydrogen-bond acceptors (Lipinski definition) is 7. The second kappa shape index (κ2) is 10.7. The maximum Gasteiger partial charge on any atom is 0.293 e. The predicted octanol–water partition coefficient (Wildman–Crippen LogP) is 4.26. The smallest absolute Gasteiger partial charge is 0.293 e. The molecule has 0 saturated heterocycles. The number of methoxy groups -OCH3 is 1. The van der Waals surface area contributed by atoms with E-state index in [1.165, 1.54) is 11.8 Å². The molecule has 0 spiro atoms. The Hall–Kier alpha value is -3.11. The molecule has 2 heterocycles. The lowest BCUT2D eigenvalue weighted by Crippen LogP contribution is -2.59. The second-order valence-corrected chi connectivity index (χ2v) is 9.41. The van der Waals surface area contributed by atoms with Crippen LogP contribution in [-0.4, -0.2) is 35.5 Å². The molecular weight excluding hydrogens is 532 g/mol. The van der Waals surface area contributed by atoms with Gasteiger partial charge in [-0.05, 0) is 47.1 Å². The highest BCUT2D eigenvalue weighted by Gasteiger charge is 2.45. The fourth-order valence-electron chi connectivity index (χ4n) is 4.04. The number of hydrogen-bond donors (Lipinski definition) is 0. The minimum Gasteiger partial charge on any atom is -0.854 e. The molecule has 1 atom stereocenters. The van der Waals surface area contributed by atoms with Crippen molar-refractivity contribution in [1.29, 1.82) is 0 Å². The summed E-state index contributed by atoms with van der Waals surface area (Å²) in [6.45, 7) is 7.89. The van der Waals surface area contributed by atoms with Gasteiger partial charge < -0.3 is 14.6 Å². The number of anilines is 1. The van der Waals surface area contributed by atoms with Gasteiger partial charge in [0.1, 0.15) is 0 Å². The van der Waals surface area contributed by atoms with E-state index in [9.17, 15) is 9.90 Å². The van der Waals surface area contributed by atoms with Gasteiger partial charge >= 0.3 is 0 Å². The number of carbonyl (C=O) groups excluding carboxylic acids is 1. The van der Waals surface area contributed by atoms with Crippen LogP contribution >= 0.6 is 27.7 Å². The molecule has 1 unspecified atom stereocenters. The van der Waals surface area contributed by atoms with Crippen molar-refractivity contribution in [1.82, 2.24) is 10.1 Å². The molecule has 0 N–H and O–H groups in total. The second-order valence-electron chi connectivity index (χ2n) is 7.57. The summed E-state index contributed by atoms with van der Waals surface area (Å²) in [7, 11) is 1.56. The van der Waals surface area contributed by atoms with Crippen molar-refractivity contribution in [3.05, 3.63) is 59.1 Å². The van der Waals surface area contributed by atoms with Crippen LogP contribution in [0.1, 0.15) is 32.0 Å². The van der Waals surface area contributed by atoms with Crippen molar-refractivity contribution in [2.45, 2.75) is 31.6 Å². The van der Waals surface area contributed by atoms with Crippen molar-refractivity contribution in [2.24, 2.45) is 0 Å². The number of fused-ring (bicyclic) bond motifs is 3. The fourth-order valence-corrected chi connectivity index (χ4v) is 5.18. The normalized spacial score (nSPS) is 14.2. The maximum absolute atomic E-state index is 13.4. The Labute approximate surface area is 216 Å². The number of amides is 1. The number of carbonyl (C=O) groups is 1. The highest BCUT2D eigenvalue weighted by molar-refractivity contribution is 9.10. The largest absolute Gasteiger partial charge is 0.854 e. The average molecular weight is 557 g/mol. The van der Waals surface area contributed by atoms with Gasteiger partial charge in [-0.1, -0.05) is 41.6 Å². The topological polar surface area (TPSA) is 91.5 Å². The van der Waals surface area contributed by atoms with Crippen LogP contribution in [0, 0.1) is 0 Å². The Balaban J connectivity index is 2.03. The molecule has 1 amide bonds. The van der Waals surface area contributed by atoms with Crippen LogP contribution < -0.4 is 24.2 Å². The highest BCUT2D eigenvalue weighted by Crippen LogP contribution is 2.44. The van der Waals surface area contributed by atoms with Gasteiger partial charge in [0, 0.05) is 17.3 Å². The van der Waals surface area contributed by atoms with E-state index in [4.69, 9.17) is 14.6 Å². The monoisotopic (exact) mass is 556 g/mol. The summed E-state index contributed by atoms with van der Waals surface area (Å²) in [5.41, 5.74) is 2.24. The van der Waals surface area contributed by atoms with E-state index in [0.29, 0.717) is 56.0 Å². The lowest BCUT2D eigenvalue weighted by molar-refractivity contribution is -0.764. The fraction of sp³-hybridized carbons (Fsp3) is 0.280. The molecule has 35 heavy (non-hydrogen) atoms. The zero-order valence-electron chi connectivity index (χ0n) is 19.7. The van der Waals surface area contributed by atoms with Crippen molar-refractivity contribution in [3.63, 3.8) is 0 Å². The molecule has 4 rings (SSSR count). The summed E-state index contributed by atoms with van der Waals surface area (Å²) >= 11 is 4.89. The van der Waals surface area contributed by atoms with Crippen LogP contribution in [0.4, 0.5) is 5.69 Å². The molecule has 0 aliphatic carbocycles. The Morgan fingerprint density at radius 2 is 2.11 bits per heavy atom. The number of para-hydroxylation sites is 1. The number of rotatable bonds is 8. The quantitative estimate of drug-likeness (QED) is 0.232. The molecular formula is C25H25BrN4O4S. The van der Waals surface area contributed by atoms with Gasteiger partial charge in [-0.15, -0.1) is 6.58 Å². The van der Waals surface area contributed by atoms with E-state index in [0.717, 1.165) is 0 Å². The first kappa shape index (κ1) is 25.0. The highest BCUT2D eigenvalue weighted by atomic mass is 79.9. The summed E-state index contributed by atoms with van der Waals surface area (Å²) in [5.74, 6) is 1.07. The Kier molecular flexibility index (Phi) is 7.61. The molecule has 10 heteroatoms. The van der Waals surface area contributed by atoms with E-state index < -0.39 is 12.0 Å². The number of aromatic nitrogens is 3. The van der Waals surface area contributed by atoms with E-state index in [-0.39, 0.29) is 12.3 Å². The van der Waals surface area contributed by atoms with Gasteiger partial charge in [-0.3, -0.25) is 4.79 Å². The van der Waals surface area contributed by atoms with Gasteiger partial charge in [0.05, 0.1) is 40.9 Å². The lowest BCUT2D eigenvalue weighted by atomic mass is 10.0. The third-order valence-electron chi connectivity index (χ3n) is 5.46. The molecule has 0 bridgehead atoms. The Bertz CT molecular complexity index is 1290. The van der Waals surface area contributed by atoms with Crippen LogP contribution in [0.2, 0.25) is 0 Å². The molecule has 0 radical (unpaired) electrons. The first-order chi connectivity index (χ1) is 16.9. The summed E-state index contributed by atoms with van der Waals surface area (Å²) in [4.78, 5) is 19.3. The molecule has 0 saturated carbocycles. The number of thioether (sulfide) groups is 1. The van der Waals surface area contributed by atoms with E-state index in [1.54, 1.807) is 29.7 Å². The summed E-state index contributed by atoms with van der Waals surface area (Å²) < 4.78 is 13.6. The van der Waals surface area contributed by atoms with E-state index >= 15 is 0 Å². The number of halogens is 1. The lowest BCUT2D eigenvalue weighted by Gasteiger charge is -2.33. The number of ether oxygens (including phenoxy) is 2. The van der Waals surface area contributed by atoms with Crippen LogP contribution in [0.3, 0.4) is 0 Å². The first-order valence-corrected chi connectivity index (χ1v) is 12.9. The number of nitrogens with zero attached hydrogens (tertiary/aromatic N) is 4. The van der Waals surface area contributed by atoms with Crippen molar-refractivity contribution >= 4 is 39.3 Å². The summed E-state index contributed by atoms with van der Waals surface area (Å²) in [6.07, 6.45) is 1.24. The first-order valence-electron chi connectivity index (χ1n) is 11.1. The van der Waals surface area contributed by atoms with Gasteiger partial charge in [0.2, 0.25) is 5.91 Å². The van der Waals surface area contributed by atoms with Gasteiger partial charge in [-0.2, -0.15) is 0 Å². The maximum atomic E-state index is 13.4. The third-order valence-corrected chi connectivity index (χ3v) is 6.88. The molecule has 2 aromatic carbocycles. The molecule has 1 aromatic heterocycles. The summed E-state index contributed by atoms with van der Waals surface area (Å²) in [6, 6.07) is 11.0.